The molecule has 2 N–H and O–H groups in total. The summed E-state index contributed by atoms with van der Waals surface area (Å²) in [6, 6.07) is 14.6. The van der Waals surface area contributed by atoms with Crippen LogP contribution in [-0.2, 0) is 16.0 Å². The number of piperazine rings is 1. The molecule has 0 radical (unpaired) electrons. The van der Waals surface area contributed by atoms with Crippen LogP contribution in [0.1, 0.15) is 31.2 Å². The van der Waals surface area contributed by atoms with Crippen molar-refractivity contribution in [2.24, 2.45) is 5.73 Å². The topological polar surface area (TPSA) is 85.1 Å². The molecule has 1 heterocycles. The zero-order valence-electron chi connectivity index (χ0n) is 18.9. The number of rotatable bonds is 9. The highest BCUT2D eigenvalue weighted by Gasteiger charge is 2.32. The minimum absolute atomic E-state index is 0.00405. The predicted molar refractivity (Wildman–Crippen MR) is 123 cm³/mol. The summed E-state index contributed by atoms with van der Waals surface area (Å²) < 4.78 is 36.4. The Hall–Kier alpha value is -3.36. The number of hydrogen-bond donors (Lipinski definition) is 1. The van der Waals surface area contributed by atoms with Gasteiger partial charge in [0.25, 0.3) is 0 Å². The summed E-state index contributed by atoms with van der Waals surface area (Å²) in [5, 5.41) is 0. The SMILES string of the molecule is NC(=O)CC(=O)N1CCN(c2ccc(OC(F)F)c(OC3CCC3)c2)C[C@@H]1Cc1ccccc1. The number of primary amides is 1. The molecule has 4 rings (SSSR count). The van der Waals surface area contributed by atoms with Crippen molar-refractivity contribution in [3.05, 3.63) is 54.1 Å². The third-order valence-electron chi connectivity index (χ3n) is 6.30. The van der Waals surface area contributed by atoms with Crippen molar-refractivity contribution in [2.75, 3.05) is 24.5 Å². The fraction of sp³-hybridized carbons (Fsp3) is 0.440. The highest BCUT2D eigenvalue weighted by molar-refractivity contribution is 5.96. The number of nitrogens with zero attached hydrogens (tertiary/aromatic N) is 2. The zero-order chi connectivity index (χ0) is 24.1. The van der Waals surface area contributed by atoms with E-state index in [4.69, 9.17) is 10.5 Å². The Kier molecular flexibility index (Phi) is 7.49. The van der Waals surface area contributed by atoms with Gasteiger partial charge in [-0.05, 0) is 43.4 Å². The van der Waals surface area contributed by atoms with E-state index in [1.165, 1.54) is 6.07 Å². The zero-order valence-corrected chi connectivity index (χ0v) is 18.9. The van der Waals surface area contributed by atoms with Crippen LogP contribution in [0.5, 0.6) is 11.5 Å². The maximum atomic E-state index is 12.9. The Morgan fingerprint density at radius 3 is 2.47 bits per heavy atom. The van der Waals surface area contributed by atoms with Crippen molar-refractivity contribution in [3.63, 3.8) is 0 Å². The molecule has 1 aliphatic carbocycles. The summed E-state index contributed by atoms with van der Waals surface area (Å²) in [5.74, 6) is -0.628. The van der Waals surface area contributed by atoms with Gasteiger partial charge in [0.15, 0.2) is 11.5 Å². The van der Waals surface area contributed by atoms with Gasteiger partial charge in [0.05, 0.1) is 12.1 Å². The first-order chi connectivity index (χ1) is 16.4. The Morgan fingerprint density at radius 2 is 1.82 bits per heavy atom. The highest BCUT2D eigenvalue weighted by Crippen LogP contribution is 2.37. The lowest BCUT2D eigenvalue weighted by Gasteiger charge is -2.43. The van der Waals surface area contributed by atoms with Gasteiger partial charge in [-0.2, -0.15) is 8.78 Å². The number of ether oxygens (including phenoxy) is 2. The molecule has 0 unspecified atom stereocenters. The number of hydrogen-bond acceptors (Lipinski definition) is 5. The molecule has 34 heavy (non-hydrogen) atoms. The molecule has 1 saturated carbocycles. The Morgan fingerprint density at radius 1 is 1.06 bits per heavy atom. The highest BCUT2D eigenvalue weighted by atomic mass is 19.3. The second kappa shape index (κ2) is 10.7. The van der Waals surface area contributed by atoms with E-state index < -0.39 is 12.5 Å². The van der Waals surface area contributed by atoms with Crippen molar-refractivity contribution < 1.29 is 27.8 Å². The molecule has 0 bridgehead atoms. The van der Waals surface area contributed by atoms with Crippen molar-refractivity contribution in [1.82, 2.24) is 4.90 Å². The third kappa shape index (κ3) is 5.95. The summed E-state index contributed by atoms with van der Waals surface area (Å²) >= 11 is 0. The van der Waals surface area contributed by atoms with E-state index in [2.05, 4.69) is 9.64 Å². The number of benzene rings is 2. The minimum atomic E-state index is -2.94. The number of nitrogens with two attached hydrogens (primary N) is 1. The number of alkyl halides is 2. The molecule has 1 atom stereocenters. The molecular formula is C25H29F2N3O4. The number of carbonyl (C=O) groups is 2. The van der Waals surface area contributed by atoms with E-state index in [0.29, 0.717) is 31.8 Å². The van der Waals surface area contributed by atoms with Crippen LogP contribution in [0.25, 0.3) is 0 Å². The molecule has 2 fully saturated rings. The van der Waals surface area contributed by atoms with Crippen LogP contribution >= 0.6 is 0 Å². The van der Waals surface area contributed by atoms with Crippen LogP contribution in [0.15, 0.2) is 48.5 Å². The van der Waals surface area contributed by atoms with E-state index in [-0.39, 0.29) is 30.2 Å². The van der Waals surface area contributed by atoms with E-state index >= 15 is 0 Å². The molecule has 182 valence electrons. The van der Waals surface area contributed by atoms with Crippen molar-refractivity contribution in [3.8, 4) is 11.5 Å². The Balaban J connectivity index is 1.55. The predicted octanol–water partition coefficient (Wildman–Crippen LogP) is 3.35. The molecular weight excluding hydrogens is 444 g/mol. The van der Waals surface area contributed by atoms with Crippen molar-refractivity contribution in [1.29, 1.82) is 0 Å². The first kappa shape index (κ1) is 23.8. The largest absolute Gasteiger partial charge is 0.486 e. The van der Waals surface area contributed by atoms with E-state index in [1.807, 2.05) is 30.3 Å². The Bertz CT molecular complexity index is 1000. The maximum absolute atomic E-state index is 12.9. The standard InChI is InChI=1S/C25H29F2N3O4/c26-25(27)34-21-10-9-18(14-22(21)33-20-7-4-8-20)29-11-12-30(24(32)15-23(28)31)19(16-29)13-17-5-2-1-3-6-17/h1-3,5-6,9-10,14,19-20,25H,4,7-8,11-13,15-16H2,(H2,28,31)/t19-/m0/s1. The summed E-state index contributed by atoms with van der Waals surface area (Å²) in [4.78, 5) is 27.9. The maximum Gasteiger partial charge on any atom is 0.387 e. The van der Waals surface area contributed by atoms with Gasteiger partial charge in [0, 0.05) is 31.4 Å². The van der Waals surface area contributed by atoms with Gasteiger partial charge in [0.1, 0.15) is 6.42 Å². The third-order valence-corrected chi connectivity index (χ3v) is 6.30. The summed E-state index contributed by atoms with van der Waals surface area (Å²) in [5.41, 5.74) is 7.13. The monoisotopic (exact) mass is 473 g/mol. The normalized spacial score (nSPS) is 18.5. The molecule has 0 spiro atoms. The van der Waals surface area contributed by atoms with E-state index in [1.54, 1.807) is 17.0 Å². The number of carbonyl (C=O) groups excluding carboxylic acids is 2. The van der Waals surface area contributed by atoms with E-state index in [0.717, 1.165) is 30.5 Å². The second-order valence-corrected chi connectivity index (χ2v) is 8.70. The molecule has 1 aliphatic heterocycles. The van der Waals surface area contributed by atoms with Crippen LogP contribution < -0.4 is 20.1 Å². The first-order valence-electron chi connectivity index (χ1n) is 11.5. The fourth-order valence-corrected chi connectivity index (χ4v) is 4.38. The number of halogens is 2. The van der Waals surface area contributed by atoms with Gasteiger partial charge in [-0.3, -0.25) is 9.59 Å². The molecule has 2 amide bonds. The quantitative estimate of drug-likeness (QED) is 0.565. The van der Waals surface area contributed by atoms with Crippen LogP contribution in [0.3, 0.4) is 0 Å². The van der Waals surface area contributed by atoms with Gasteiger partial charge in [-0.25, -0.2) is 0 Å². The molecule has 0 aromatic heterocycles. The lowest BCUT2D eigenvalue weighted by atomic mass is 9.96. The average molecular weight is 474 g/mol. The van der Waals surface area contributed by atoms with Crippen molar-refractivity contribution >= 4 is 17.5 Å². The molecule has 2 aromatic carbocycles. The van der Waals surface area contributed by atoms with Crippen LogP contribution in [0.4, 0.5) is 14.5 Å². The van der Waals surface area contributed by atoms with Crippen LogP contribution in [0.2, 0.25) is 0 Å². The molecule has 7 nitrogen and oxygen atoms in total. The molecule has 9 heteroatoms. The van der Waals surface area contributed by atoms with Crippen LogP contribution in [-0.4, -0.2) is 55.1 Å². The van der Waals surface area contributed by atoms with Gasteiger partial charge < -0.3 is 25.0 Å². The van der Waals surface area contributed by atoms with Crippen molar-refractivity contribution in [2.45, 2.75) is 50.9 Å². The molecule has 2 aliphatic rings. The lowest BCUT2D eigenvalue weighted by Crippen LogP contribution is -2.56. The minimum Gasteiger partial charge on any atom is -0.486 e. The van der Waals surface area contributed by atoms with Gasteiger partial charge >= 0.3 is 6.61 Å². The fourth-order valence-electron chi connectivity index (χ4n) is 4.38. The van der Waals surface area contributed by atoms with Gasteiger partial charge in [0.2, 0.25) is 11.8 Å². The second-order valence-electron chi connectivity index (χ2n) is 8.70. The smallest absolute Gasteiger partial charge is 0.387 e. The molecule has 2 aromatic rings. The number of amides is 2. The summed E-state index contributed by atoms with van der Waals surface area (Å²) in [6.45, 7) is -1.49. The van der Waals surface area contributed by atoms with Crippen LogP contribution in [0, 0.1) is 0 Å². The summed E-state index contributed by atoms with van der Waals surface area (Å²) in [6.07, 6.45) is 3.11. The van der Waals surface area contributed by atoms with E-state index in [9.17, 15) is 18.4 Å². The molecule has 1 saturated heterocycles. The Labute approximate surface area is 197 Å². The van der Waals surface area contributed by atoms with Gasteiger partial charge in [-0.15, -0.1) is 0 Å². The summed E-state index contributed by atoms with van der Waals surface area (Å²) in [7, 11) is 0. The van der Waals surface area contributed by atoms with Gasteiger partial charge in [-0.1, -0.05) is 30.3 Å². The average Bonchev–Trinajstić information content (AvgIpc) is 2.77. The first-order valence-corrected chi connectivity index (χ1v) is 11.5. The number of anilines is 1. The lowest BCUT2D eigenvalue weighted by molar-refractivity contribution is -0.137.